The van der Waals surface area contributed by atoms with E-state index in [4.69, 9.17) is 6.42 Å². The molecule has 1 aromatic heterocycles. The lowest BCUT2D eigenvalue weighted by Crippen LogP contribution is -2.27. The molecule has 0 unspecified atom stereocenters. The number of hydrogen-bond acceptors (Lipinski definition) is 4. The molecule has 0 spiro atoms. The van der Waals surface area contributed by atoms with Gasteiger partial charge in [0.25, 0.3) is 5.56 Å². The van der Waals surface area contributed by atoms with E-state index in [1.807, 2.05) is 44.2 Å². The minimum absolute atomic E-state index is 0.122. The molecule has 0 radical (unpaired) electrons. The predicted molar refractivity (Wildman–Crippen MR) is 109 cm³/mol. The van der Waals surface area contributed by atoms with E-state index in [9.17, 15) is 9.59 Å². The van der Waals surface area contributed by atoms with Crippen LogP contribution in [0.3, 0.4) is 0 Å². The standard InChI is InChI=1S/C21H19N3O2S/c1-4-11-22-19(25)13-27-21-23-17-8-6-5-7-16(17)20(26)24(21)18-10-9-14(2)12-15(18)3/h1,5-10,12H,11,13H2,2-3H3,(H,22,25). The van der Waals surface area contributed by atoms with Gasteiger partial charge >= 0.3 is 0 Å². The average molecular weight is 377 g/mol. The zero-order valence-electron chi connectivity index (χ0n) is 15.2. The summed E-state index contributed by atoms with van der Waals surface area (Å²) in [5, 5.41) is 3.64. The summed E-state index contributed by atoms with van der Waals surface area (Å²) in [5.74, 6) is 2.29. The van der Waals surface area contributed by atoms with Crippen LogP contribution in [0.2, 0.25) is 0 Å². The van der Waals surface area contributed by atoms with Gasteiger partial charge in [0.1, 0.15) is 0 Å². The van der Waals surface area contributed by atoms with Gasteiger partial charge in [0.05, 0.1) is 28.9 Å². The highest BCUT2D eigenvalue weighted by Crippen LogP contribution is 2.23. The number of aryl methyl sites for hydroxylation is 2. The van der Waals surface area contributed by atoms with Crippen LogP contribution >= 0.6 is 11.8 Å². The van der Waals surface area contributed by atoms with Gasteiger partial charge in [0.15, 0.2) is 5.16 Å². The van der Waals surface area contributed by atoms with Crippen LogP contribution < -0.4 is 10.9 Å². The number of para-hydroxylation sites is 1. The number of carbonyl (C=O) groups is 1. The van der Waals surface area contributed by atoms with Crippen LogP contribution in [-0.4, -0.2) is 27.8 Å². The second kappa shape index (κ2) is 8.11. The van der Waals surface area contributed by atoms with Crippen molar-refractivity contribution in [3.05, 3.63) is 63.9 Å². The molecule has 1 heterocycles. The lowest BCUT2D eigenvalue weighted by atomic mass is 10.1. The fourth-order valence-electron chi connectivity index (χ4n) is 2.81. The highest BCUT2D eigenvalue weighted by atomic mass is 32.2. The number of hydrogen-bond donors (Lipinski definition) is 1. The van der Waals surface area contributed by atoms with Crippen molar-refractivity contribution in [3.63, 3.8) is 0 Å². The smallest absolute Gasteiger partial charge is 0.266 e. The Bertz CT molecular complexity index is 1110. The molecule has 0 fully saturated rings. The fourth-order valence-corrected chi connectivity index (χ4v) is 3.64. The molecule has 0 bridgehead atoms. The van der Waals surface area contributed by atoms with Gasteiger partial charge < -0.3 is 5.32 Å². The third-order valence-corrected chi connectivity index (χ3v) is 5.00. The number of benzene rings is 2. The van der Waals surface area contributed by atoms with Gasteiger partial charge in [-0.15, -0.1) is 6.42 Å². The summed E-state index contributed by atoms with van der Waals surface area (Å²) >= 11 is 1.21. The number of carbonyl (C=O) groups excluding carboxylic acids is 1. The predicted octanol–water partition coefficient (Wildman–Crippen LogP) is 2.84. The Balaban J connectivity index is 2.12. The highest BCUT2D eigenvalue weighted by molar-refractivity contribution is 7.99. The average Bonchev–Trinajstić information content (AvgIpc) is 2.66. The van der Waals surface area contributed by atoms with E-state index in [-0.39, 0.29) is 23.8 Å². The van der Waals surface area contributed by atoms with E-state index >= 15 is 0 Å². The molecule has 0 saturated carbocycles. The molecule has 5 nitrogen and oxygen atoms in total. The number of thioether (sulfide) groups is 1. The van der Waals surface area contributed by atoms with Gasteiger partial charge in [-0.25, -0.2) is 4.98 Å². The normalized spacial score (nSPS) is 10.6. The van der Waals surface area contributed by atoms with Crippen molar-refractivity contribution < 1.29 is 4.79 Å². The summed E-state index contributed by atoms with van der Waals surface area (Å²) in [5.41, 5.74) is 3.29. The number of amides is 1. The summed E-state index contributed by atoms with van der Waals surface area (Å²) < 4.78 is 1.58. The maximum absolute atomic E-state index is 13.2. The monoisotopic (exact) mass is 377 g/mol. The summed E-state index contributed by atoms with van der Waals surface area (Å²) in [6.45, 7) is 4.14. The van der Waals surface area contributed by atoms with Gasteiger partial charge in [-0.2, -0.15) is 0 Å². The largest absolute Gasteiger partial charge is 0.344 e. The van der Waals surface area contributed by atoms with Crippen LogP contribution in [0.25, 0.3) is 16.6 Å². The zero-order valence-corrected chi connectivity index (χ0v) is 16.0. The van der Waals surface area contributed by atoms with E-state index in [0.717, 1.165) is 16.8 Å². The van der Waals surface area contributed by atoms with E-state index in [0.29, 0.717) is 16.1 Å². The van der Waals surface area contributed by atoms with Crippen molar-refractivity contribution in [3.8, 4) is 18.0 Å². The van der Waals surface area contributed by atoms with E-state index in [1.54, 1.807) is 16.7 Å². The van der Waals surface area contributed by atoms with Crippen LogP contribution in [-0.2, 0) is 4.79 Å². The zero-order chi connectivity index (χ0) is 19.4. The Hall–Kier alpha value is -3.04. The van der Waals surface area contributed by atoms with Crippen molar-refractivity contribution in [1.29, 1.82) is 0 Å². The Morgan fingerprint density at radius 1 is 1.26 bits per heavy atom. The van der Waals surface area contributed by atoms with Gasteiger partial charge in [0.2, 0.25) is 5.91 Å². The summed E-state index contributed by atoms with van der Waals surface area (Å²) in [7, 11) is 0. The maximum atomic E-state index is 13.2. The molecule has 3 rings (SSSR count). The van der Waals surface area contributed by atoms with Crippen LogP contribution in [0.1, 0.15) is 11.1 Å². The number of nitrogens with one attached hydrogen (secondary N) is 1. The molecular weight excluding hydrogens is 358 g/mol. The molecule has 6 heteroatoms. The SMILES string of the molecule is C#CCNC(=O)CSc1nc2ccccc2c(=O)n1-c1ccc(C)cc1C. The first-order valence-corrected chi connectivity index (χ1v) is 9.42. The second-order valence-corrected chi connectivity index (χ2v) is 7.05. The van der Waals surface area contributed by atoms with Crippen molar-refractivity contribution in [2.24, 2.45) is 0 Å². The Morgan fingerprint density at radius 3 is 2.78 bits per heavy atom. The van der Waals surface area contributed by atoms with E-state index in [1.165, 1.54) is 11.8 Å². The maximum Gasteiger partial charge on any atom is 0.266 e. The molecule has 2 aromatic carbocycles. The van der Waals surface area contributed by atoms with E-state index in [2.05, 4.69) is 16.2 Å². The number of rotatable bonds is 5. The highest BCUT2D eigenvalue weighted by Gasteiger charge is 2.16. The molecule has 1 amide bonds. The van der Waals surface area contributed by atoms with Crippen LogP contribution in [0.5, 0.6) is 0 Å². The van der Waals surface area contributed by atoms with Crippen molar-refractivity contribution >= 4 is 28.6 Å². The van der Waals surface area contributed by atoms with Crippen molar-refractivity contribution in [1.82, 2.24) is 14.9 Å². The topological polar surface area (TPSA) is 64.0 Å². The van der Waals surface area contributed by atoms with Crippen molar-refractivity contribution in [2.75, 3.05) is 12.3 Å². The minimum Gasteiger partial charge on any atom is -0.344 e. The summed E-state index contributed by atoms with van der Waals surface area (Å²) in [6.07, 6.45) is 5.17. The van der Waals surface area contributed by atoms with Crippen molar-refractivity contribution in [2.45, 2.75) is 19.0 Å². The Morgan fingerprint density at radius 2 is 2.04 bits per heavy atom. The molecule has 27 heavy (non-hydrogen) atoms. The van der Waals surface area contributed by atoms with Crippen LogP contribution in [0.4, 0.5) is 0 Å². The van der Waals surface area contributed by atoms with Crippen LogP contribution in [0.15, 0.2) is 52.4 Å². The number of nitrogens with zero attached hydrogens (tertiary/aromatic N) is 2. The summed E-state index contributed by atoms with van der Waals surface area (Å²) in [6, 6.07) is 13.1. The molecule has 0 aliphatic heterocycles. The number of aromatic nitrogens is 2. The lowest BCUT2D eigenvalue weighted by Gasteiger charge is -2.15. The molecule has 0 saturated heterocycles. The molecule has 1 N–H and O–H groups in total. The minimum atomic E-state index is -0.201. The first kappa shape index (κ1) is 18.7. The molecule has 0 atom stereocenters. The van der Waals surface area contributed by atoms with Gasteiger partial charge in [0, 0.05) is 0 Å². The number of terminal acetylenes is 1. The molecule has 0 aliphatic carbocycles. The fraction of sp³-hybridized carbons (Fsp3) is 0.190. The molecule has 136 valence electrons. The van der Waals surface area contributed by atoms with Gasteiger partial charge in [-0.1, -0.05) is 47.5 Å². The van der Waals surface area contributed by atoms with Crippen LogP contribution in [0, 0.1) is 26.2 Å². The molecule has 3 aromatic rings. The third-order valence-electron chi connectivity index (χ3n) is 4.06. The first-order valence-electron chi connectivity index (χ1n) is 8.43. The number of fused-ring (bicyclic) bond motifs is 1. The molecule has 0 aliphatic rings. The van der Waals surface area contributed by atoms with Gasteiger partial charge in [-0.3, -0.25) is 14.2 Å². The quantitative estimate of drug-likeness (QED) is 0.422. The third kappa shape index (κ3) is 4.04. The molecular formula is C21H19N3O2S. The Kier molecular flexibility index (Phi) is 5.63. The second-order valence-electron chi connectivity index (χ2n) is 6.11. The summed E-state index contributed by atoms with van der Waals surface area (Å²) in [4.78, 5) is 29.8. The lowest BCUT2D eigenvalue weighted by molar-refractivity contribution is -0.118. The van der Waals surface area contributed by atoms with Gasteiger partial charge in [-0.05, 0) is 37.6 Å². The first-order chi connectivity index (χ1) is 13.0. The Labute approximate surface area is 161 Å². The van der Waals surface area contributed by atoms with E-state index < -0.39 is 0 Å².